The number of hydrogen-bond donors (Lipinski definition) is 1. The Bertz CT molecular complexity index is 734. The van der Waals surface area contributed by atoms with E-state index in [1.54, 1.807) is 6.20 Å². The van der Waals surface area contributed by atoms with Gasteiger partial charge in [-0.1, -0.05) is 0 Å². The third kappa shape index (κ3) is 4.60. The molecule has 3 heterocycles. The number of carbonyl (C=O) groups is 2. The average Bonchev–Trinajstić information content (AvgIpc) is 3.13. The van der Waals surface area contributed by atoms with Crippen LogP contribution in [0.25, 0.3) is 0 Å². The summed E-state index contributed by atoms with van der Waals surface area (Å²) in [6, 6.07) is 0. The van der Waals surface area contributed by atoms with Crippen molar-refractivity contribution in [2.75, 3.05) is 37.8 Å². The smallest absolute Gasteiger partial charge is 0.229 e. The molecule has 0 unspecified atom stereocenters. The molecule has 2 aliphatic rings. The number of thiazole rings is 1. The highest BCUT2D eigenvalue weighted by Crippen LogP contribution is 2.25. The van der Waals surface area contributed by atoms with Crippen LogP contribution in [-0.4, -0.2) is 66.9 Å². The largest absolute Gasteiger partial charge is 0.342 e. The van der Waals surface area contributed by atoms with Crippen molar-refractivity contribution in [1.82, 2.24) is 14.2 Å². The lowest BCUT2D eigenvalue weighted by Crippen LogP contribution is -2.47. The maximum absolute atomic E-state index is 12.7. The van der Waals surface area contributed by atoms with E-state index in [4.69, 9.17) is 0 Å². The predicted molar refractivity (Wildman–Crippen MR) is 99.2 cm³/mol. The fourth-order valence-corrected chi connectivity index (χ4v) is 4.95. The number of anilines is 1. The van der Waals surface area contributed by atoms with E-state index in [2.05, 4.69) is 10.3 Å². The molecule has 1 N–H and O–H groups in total. The van der Waals surface area contributed by atoms with Gasteiger partial charge in [0.1, 0.15) is 0 Å². The Morgan fingerprint density at radius 1 is 1.12 bits per heavy atom. The molecule has 2 amide bonds. The summed E-state index contributed by atoms with van der Waals surface area (Å²) in [6.45, 7) is 1.95. The number of piperidine rings is 2. The Kier molecular flexibility index (Phi) is 5.93. The molecule has 0 spiro atoms. The number of sulfonamides is 1. The van der Waals surface area contributed by atoms with Gasteiger partial charge in [-0.3, -0.25) is 9.59 Å². The molecule has 2 fully saturated rings. The fourth-order valence-electron chi connectivity index (χ4n) is 3.55. The van der Waals surface area contributed by atoms with Gasteiger partial charge in [-0.15, -0.1) is 11.3 Å². The lowest BCUT2D eigenvalue weighted by molar-refractivity contribution is -0.139. The summed E-state index contributed by atoms with van der Waals surface area (Å²) in [4.78, 5) is 30.8. The van der Waals surface area contributed by atoms with Crippen LogP contribution in [0.4, 0.5) is 5.13 Å². The number of amides is 2. The first-order chi connectivity index (χ1) is 12.3. The molecule has 0 bridgehead atoms. The number of rotatable bonds is 4. The number of nitrogens with zero attached hydrogens (tertiary/aromatic N) is 3. The number of likely N-dealkylation sites (tertiary alicyclic amines) is 1. The Labute approximate surface area is 157 Å². The number of carbonyl (C=O) groups excluding carboxylic acids is 2. The molecule has 26 heavy (non-hydrogen) atoms. The fraction of sp³-hybridized carbons (Fsp3) is 0.688. The van der Waals surface area contributed by atoms with Crippen LogP contribution in [0.1, 0.15) is 25.7 Å². The monoisotopic (exact) mass is 400 g/mol. The molecule has 0 radical (unpaired) electrons. The zero-order valence-electron chi connectivity index (χ0n) is 14.8. The van der Waals surface area contributed by atoms with Crippen molar-refractivity contribution in [3.63, 3.8) is 0 Å². The van der Waals surface area contributed by atoms with Crippen LogP contribution in [0.5, 0.6) is 0 Å². The minimum Gasteiger partial charge on any atom is -0.342 e. The molecule has 0 aromatic carbocycles. The molecule has 3 rings (SSSR count). The van der Waals surface area contributed by atoms with E-state index in [0.29, 0.717) is 57.0 Å². The van der Waals surface area contributed by atoms with Gasteiger partial charge in [0.2, 0.25) is 21.8 Å². The van der Waals surface area contributed by atoms with Crippen LogP contribution in [-0.2, 0) is 19.6 Å². The van der Waals surface area contributed by atoms with Crippen LogP contribution >= 0.6 is 11.3 Å². The quantitative estimate of drug-likeness (QED) is 0.813. The first-order valence-corrected chi connectivity index (χ1v) is 11.5. The van der Waals surface area contributed by atoms with Gasteiger partial charge >= 0.3 is 0 Å². The lowest BCUT2D eigenvalue weighted by atomic mass is 9.92. The highest BCUT2D eigenvalue weighted by atomic mass is 32.2. The molecule has 2 aliphatic heterocycles. The summed E-state index contributed by atoms with van der Waals surface area (Å²) in [5.41, 5.74) is 0. The highest BCUT2D eigenvalue weighted by Gasteiger charge is 2.34. The molecule has 1 aromatic rings. The second-order valence-corrected chi connectivity index (χ2v) is 9.74. The van der Waals surface area contributed by atoms with E-state index in [-0.39, 0.29) is 23.7 Å². The van der Waals surface area contributed by atoms with Crippen molar-refractivity contribution in [3.8, 4) is 0 Å². The van der Waals surface area contributed by atoms with E-state index < -0.39 is 10.0 Å². The van der Waals surface area contributed by atoms with E-state index in [1.165, 1.54) is 21.9 Å². The van der Waals surface area contributed by atoms with Gasteiger partial charge in [-0.05, 0) is 25.7 Å². The lowest BCUT2D eigenvalue weighted by Gasteiger charge is -2.36. The summed E-state index contributed by atoms with van der Waals surface area (Å²) in [7, 11) is -3.18. The molecule has 0 atom stereocenters. The van der Waals surface area contributed by atoms with E-state index in [1.807, 2.05) is 10.3 Å². The Hall–Kier alpha value is -1.52. The molecule has 2 saturated heterocycles. The van der Waals surface area contributed by atoms with Gasteiger partial charge in [0, 0.05) is 49.6 Å². The zero-order chi connectivity index (χ0) is 18.7. The van der Waals surface area contributed by atoms with Crippen molar-refractivity contribution >= 4 is 38.3 Å². The van der Waals surface area contributed by atoms with E-state index in [0.717, 1.165) is 0 Å². The van der Waals surface area contributed by atoms with Gasteiger partial charge in [0.05, 0.1) is 6.26 Å². The van der Waals surface area contributed by atoms with Crippen LogP contribution in [0.15, 0.2) is 11.6 Å². The molecular weight excluding hydrogens is 376 g/mol. The Balaban J connectivity index is 1.46. The predicted octanol–water partition coefficient (Wildman–Crippen LogP) is 0.992. The molecule has 10 heteroatoms. The standard InChI is InChI=1S/C16H24N4O4S2/c1-26(23,24)20-9-4-13(5-10-20)15(22)19-7-2-12(3-8-19)14(21)18-16-17-6-11-25-16/h6,11-13H,2-5,7-10H2,1H3,(H,17,18,21). The van der Waals surface area contributed by atoms with Crippen molar-refractivity contribution in [3.05, 3.63) is 11.6 Å². The minimum atomic E-state index is -3.18. The zero-order valence-corrected chi connectivity index (χ0v) is 16.4. The topological polar surface area (TPSA) is 99.7 Å². The van der Waals surface area contributed by atoms with Crippen molar-refractivity contribution in [2.45, 2.75) is 25.7 Å². The van der Waals surface area contributed by atoms with Crippen LogP contribution in [0.3, 0.4) is 0 Å². The van der Waals surface area contributed by atoms with Gasteiger partial charge < -0.3 is 10.2 Å². The van der Waals surface area contributed by atoms with E-state index in [9.17, 15) is 18.0 Å². The van der Waals surface area contributed by atoms with Crippen molar-refractivity contribution in [2.24, 2.45) is 11.8 Å². The summed E-state index contributed by atoms with van der Waals surface area (Å²) >= 11 is 1.39. The summed E-state index contributed by atoms with van der Waals surface area (Å²) in [5.74, 6) is -0.158. The van der Waals surface area contributed by atoms with Gasteiger partial charge in [-0.2, -0.15) is 0 Å². The molecular formula is C16H24N4O4S2. The van der Waals surface area contributed by atoms with Crippen molar-refractivity contribution < 1.29 is 18.0 Å². The van der Waals surface area contributed by atoms with Gasteiger partial charge in [-0.25, -0.2) is 17.7 Å². The minimum absolute atomic E-state index is 0.0338. The molecule has 1 aromatic heterocycles. The first-order valence-electron chi connectivity index (χ1n) is 8.79. The molecule has 144 valence electrons. The SMILES string of the molecule is CS(=O)(=O)N1CCC(C(=O)N2CCC(C(=O)Nc3nccs3)CC2)CC1. The second-order valence-electron chi connectivity index (χ2n) is 6.86. The van der Waals surface area contributed by atoms with Gasteiger partial charge in [0.25, 0.3) is 0 Å². The van der Waals surface area contributed by atoms with Gasteiger partial charge in [0.15, 0.2) is 5.13 Å². The highest BCUT2D eigenvalue weighted by molar-refractivity contribution is 7.88. The number of hydrogen-bond acceptors (Lipinski definition) is 6. The Morgan fingerprint density at radius 2 is 1.73 bits per heavy atom. The Morgan fingerprint density at radius 3 is 2.27 bits per heavy atom. The third-order valence-corrected chi connectivity index (χ3v) is 7.10. The second kappa shape index (κ2) is 8.01. The molecule has 8 nitrogen and oxygen atoms in total. The van der Waals surface area contributed by atoms with E-state index >= 15 is 0 Å². The van der Waals surface area contributed by atoms with Crippen molar-refractivity contribution in [1.29, 1.82) is 0 Å². The average molecular weight is 401 g/mol. The normalized spacial score (nSPS) is 20.9. The first kappa shape index (κ1) is 19.2. The van der Waals surface area contributed by atoms with Crippen LogP contribution < -0.4 is 5.32 Å². The molecule has 0 aliphatic carbocycles. The van der Waals surface area contributed by atoms with Crippen LogP contribution in [0, 0.1) is 11.8 Å². The summed E-state index contributed by atoms with van der Waals surface area (Å²) < 4.78 is 24.6. The number of nitrogens with one attached hydrogen (secondary N) is 1. The summed E-state index contributed by atoms with van der Waals surface area (Å²) in [6.07, 6.45) is 5.27. The molecule has 0 saturated carbocycles. The maximum Gasteiger partial charge on any atom is 0.229 e. The number of aromatic nitrogens is 1. The maximum atomic E-state index is 12.7. The van der Waals surface area contributed by atoms with Crippen LogP contribution in [0.2, 0.25) is 0 Å². The summed E-state index contributed by atoms with van der Waals surface area (Å²) in [5, 5.41) is 5.24. The third-order valence-electron chi connectivity index (χ3n) is 5.11.